The molecule has 0 radical (unpaired) electrons. The number of alkyl halides is 3. The fraction of sp³-hybridized carbons (Fsp3) is 1.00. The zero-order chi connectivity index (χ0) is 10.3. The molecular formula is C4H5F3O5S. The van der Waals surface area contributed by atoms with E-state index in [4.69, 9.17) is 5.11 Å². The maximum Gasteiger partial charge on any atom is 0.523 e. The molecule has 13 heavy (non-hydrogen) atoms. The molecule has 0 bridgehead atoms. The van der Waals surface area contributed by atoms with Crippen molar-refractivity contribution in [2.45, 2.75) is 11.3 Å². The van der Waals surface area contributed by atoms with Crippen LogP contribution in [0.3, 0.4) is 0 Å². The lowest BCUT2D eigenvalue weighted by Gasteiger charge is -2.11. The van der Waals surface area contributed by atoms with Gasteiger partial charge < -0.3 is 9.84 Å². The van der Waals surface area contributed by atoms with Gasteiger partial charge in [0, 0.05) is 0 Å². The summed E-state index contributed by atoms with van der Waals surface area (Å²) in [6.07, 6.45) is 0. The van der Waals surface area contributed by atoms with Crippen LogP contribution in [0.4, 0.5) is 13.2 Å². The molecule has 1 heterocycles. The van der Waals surface area contributed by atoms with Crippen LogP contribution in [-0.2, 0) is 19.0 Å². The van der Waals surface area contributed by atoms with E-state index in [1.165, 1.54) is 0 Å². The monoisotopic (exact) mass is 222 g/mol. The fourth-order valence-corrected chi connectivity index (χ4v) is 1.14. The van der Waals surface area contributed by atoms with Gasteiger partial charge in [-0.3, -0.25) is 0 Å². The first-order valence-electron chi connectivity index (χ1n) is 2.99. The minimum atomic E-state index is -5.69. The highest BCUT2D eigenvalue weighted by molar-refractivity contribution is 7.87. The minimum absolute atomic E-state index is 0.376. The summed E-state index contributed by atoms with van der Waals surface area (Å²) >= 11 is 0. The Labute approximate surface area is 71.2 Å². The maximum atomic E-state index is 11.7. The Hall–Kier alpha value is -0.380. The van der Waals surface area contributed by atoms with Crippen molar-refractivity contribution in [3.05, 3.63) is 0 Å². The van der Waals surface area contributed by atoms with Crippen LogP contribution in [0.5, 0.6) is 0 Å². The standard InChI is InChI=1S/C4H5F3O5S/c5-4(6,7)13(9,10)12-3(1-8)2-11-3/h8H,1-2H2/t3-/m1/s1. The number of hydrogen-bond acceptors (Lipinski definition) is 5. The van der Waals surface area contributed by atoms with E-state index in [0.29, 0.717) is 0 Å². The smallest absolute Gasteiger partial charge is 0.391 e. The summed E-state index contributed by atoms with van der Waals surface area (Å²) in [5.41, 5.74) is -5.50. The molecule has 0 aromatic heterocycles. The molecule has 0 amide bonds. The normalized spacial score (nSPS) is 28.9. The molecule has 1 aliphatic rings. The van der Waals surface area contributed by atoms with Gasteiger partial charge in [0.15, 0.2) is 0 Å². The summed E-state index contributed by atoms with van der Waals surface area (Å²) in [6.45, 7) is -1.32. The van der Waals surface area contributed by atoms with E-state index >= 15 is 0 Å². The van der Waals surface area contributed by atoms with Crippen LogP contribution in [-0.4, -0.2) is 38.0 Å². The van der Waals surface area contributed by atoms with Crippen LogP contribution in [0.15, 0.2) is 0 Å². The SMILES string of the molecule is O=S(=O)(O[C@]1(CO)CO1)C(F)(F)F. The Bertz CT molecular complexity index is 289. The Morgan fingerprint density at radius 3 is 2.23 bits per heavy atom. The molecule has 0 saturated carbocycles. The van der Waals surface area contributed by atoms with E-state index in [-0.39, 0.29) is 6.61 Å². The van der Waals surface area contributed by atoms with Gasteiger partial charge in [0.2, 0.25) is 5.79 Å². The lowest BCUT2D eigenvalue weighted by molar-refractivity contribution is -0.0710. The van der Waals surface area contributed by atoms with Gasteiger partial charge in [0.25, 0.3) is 0 Å². The van der Waals surface area contributed by atoms with Crippen molar-refractivity contribution in [2.75, 3.05) is 13.2 Å². The number of halogens is 3. The van der Waals surface area contributed by atoms with Crippen LogP contribution < -0.4 is 0 Å². The Morgan fingerprint density at radius 2 is 2.00 bits per heavy atom. The second-order valence-corrected chi connectivity index (χ2v) is 3.88. The summed E-state index contributed by atoms with van der Waals surface area (Å²) in [7, 11) is -5.69. The third-order valence-corrected chi connectivity index (χ3v) is 2.34. The summed E-state index contributed by atoms with van der Waals surface area (Å²) in [5, 5.41) is 8.40. The van der Waals surface area contributed by atoms with Crippen molar-refractivity contribution in [3.63, 3.8) is 0 Å². The number of aliphatic hydroxyl groups excluding tert-OH is 1. The molecule has 1 aliphatic heterocycles. The van der Waals surface area contributed by atoms with Crippen molar-refractivity contribution < 1.29 is 35.6 Å². The first-order chi connectivity index (χ1) is 5.72. The van der Waals surface area contributed by atoms with Crippen LogP contribution in [0.1, 0.15) is 0 Å². The maximum absolute atomic E-state index is 11.7. The van der Waals surface area contributed by atoms with Crippen molar-refractivity contribution in [1.82, 2.24) is 0 Å². The average molecular weight is 222 g/mol. The van der Waals surface area contributed by atoms with Gasteiger partial charge in [-0.05, 0) is 0 Å². The lowest BCUT2D eigenvalue weighted by Crippen LogP contribution is -2.33. The van der Waals surface area contributed by atoms with Crippen LogP contribution in [0, 0.1) is 0 Å². The fourth-order valence-electron chi connectivity index (χ4n) is 0.493. The summed E-state index contributed by atoms with van der Waals surface area (Å²) in [5.74, 6) is -2.02. The molecule has 0 aliphatic carbocycles. The van der Waals surface area contributed by atoms with Crippen molar-refractivity contribution in [2.24, 2.45) is 0 Å². The van der Waals surface area contributed by atoms with E-state index in [9.17, 15) is 21.6 Å². The summed E-state index contributed by atoms with van der Waals surface area (Å²) in [4.78, 5) is 0. The van der Waals surface area contributed by atoms with E-state index in [1.807, 2.05) is 0 Å². The topological polar surface area (TPSA) is 76.1 Å². The Morgan fingerprint density at radius 1 is 1.54 bits per heavy atom. The van der Waals surface area contributed by atoms with E-state index in [0.717, 1.165) is 0 Å². The molecule has 0 aromatic rings. The molecule has 0 aromatic carbocycles. The zero-order valence-electron chi connectivity index (χ0n) is 6.04. The van der Waals surface area contributed by atoms with Gasteiger partial charge in [-0.25, -0.2) is 4.18 Å². The molecule has 1 rings (SSSR count). The van der Waals surface area contributed by atoms with Crippen molar-refractivity contribution in [3.8, 4) is 0 Å². The van der Waals surface area contributed by atoms with Gasteiger partial charge >= 0.3 is 15.6 Å². The lowest BCUT2D eigenvalue weighted by atomic mass is 10.4. The second kappa shape index (κ2) is 2.80. The molecule has 0 unspecified atom stereocenters. The van der Waals surface area contributed by atoms with Gasteiger partial charge in [-0.15, -0.1) is 0 Å². The predicted octanol–water partition coefficient (Wildman–Crippen LogP) is -0.429. The molecule has 9 heteroatoms. The van der Waals surface area contributed by atoms with Gasteiger partial charge in [-0.1, -0.05) is 0 Å². The third-order valence-electron chi connectivity index (χ3n) is 1.25. The number of rotatable bonds is 3. The van der Waals surface area contributed by atoms with Gasteiger partial charge in [-0.2, -0.15) is 21.6 Å². The highest BCUT2D eigenvalue weighted by atomic mass is 32.2. The largest absolute Gasteiger partial charge is 0.523 e. The molecule has 1 N–H and O–H groups in total. The second-order valence-electron chi connectivity index (χ2n) is 2.34. The van der Waals surface area contributed by atoms with Crippen molar-refractivity contribution in [1.29, 1.82) is 0 Å². The minimum Gasteiger partial charge on any atom is -0.391 e. The van der Waals surface area contributed by atoms with Crippen LogP contribution in [0.2, 0.25) is 0 Å². The Kier molecular flexibility index (Phi) is 2.31. The molecule has 0 spiro atoms. The Balaban J connectivity index is 2.74. The number of aliphatic hydroxyl groups is 1. The number of epoxide rings is 1. The first kappa shape index (κ1) is 10.7. The molecule has 5 nitrogen and oxygen atoms in total. The molecule has 1 atom stereocenters. The summed E-state index contributed by atoms with van der Waals surface area (Å²) < 4.78 is 63.5. The van der Waals surface area contributed by atoms with Gasteiger partial charge in [0.05, 0.1) is 0 Å². The third kappa shape index (κ3) is 2.10. The average Bonchev–Trinajstić information content (AvgIpc) is 2.66. The van der Waals surface area contributed by atoms with E-state index < -0.39 is 28.0 Å². The zero-order valence-corrected chi connectivity index (χ0v) is 6.85. The van der Waals surface area contributed by atoms with Crippen LogP contribution in [0.25, 0.3) is 0 Å². The van der Waals surface area contributed by atoms with E-state index in [1.54, 1.807) is 0 Å². The van der Waals surface area contributed by atoms with E-state index in [2.05, 4.69) is 8.92 Å². The highest BCUT2D eigenvalue weighted by Gasteiger charge is 2.57. The molecule has 78 valence electrons. The molecule has 1 fully saturated rings. The van der Waals surface area contributed by atoms with Gasteiger partial charge in [0.1, 0.15) is 13.2 Å². The van der Waals surface area contributed by atoms with Crippen LogP contribution >= 0.6 is 0 Å². The summed E-state index contributed by atoms with van der Waals surface area (Å²) in [6, 6.07) is 0. The van der Waals surface area contributed by atoms with Crippen molar-refractivity contribution >= 4 is 10.1 Å². The molecular weight excluding hydrogens is 217 g/mol. The number of hydrogen-bond donors (Lipinski definition) is 1. The highest BCUT2D eigenvalue weighted by Crippen LogP contribution is 2.35. The number of ether oxygens (including phenoxy) is 1. The first-order valence-corrected chi connectivity index (χ1v) is 4.40. The quantitative estimate of drug-likeness (QED) is 0.398. The predicted molar refractivity (Wildman–Crippen MR) is 31.8 cm³/mol. The molecule has 1 saturated heterocycles.